The number of carbonyl (C=O) groups is 1. The van der Waals surface area contributed by atoms with Crippen LogP contribution in [0.2, 0.25) is 0 Å². The van der Waals surface area contributed by atoms with Crippen LogP contribution in [-0.4, -0.2) is 17.6 Å². The molecule has 0 saturated carbocycles. The van der Waals surface area contributed by atoms with Crippen LogP contribution in [0.3, 0.4) is 0 Å². The molecule has 1 aromatic rings. The standard InChI is InChI=1S/C10H15NO3/c1-5-13-10(12)8-7(4)14-9(11-8)6(2)3/h6H,5H2,1-4H3. The summed E-state index contributed by atoms with van der Waals surface area (Å²) in [5.74, 6) is 0.857. The van der Waals surface area contributed by atoms with Crippen molar-refractivity contribution >= 4 is 5.97 Å². The van der Waals surface area contributed by atoms with E-state index in [0.29, 0.717) is 18.3 Å². The highest BCUT2D eigenvalue weighted by Gasteiger charge is 2.19. The van der Waals surface area contributed by atoms with Gasteiger partial charge in [-0.3, -0.25) is 0 Å². The van der Waals surface area contributed by atoms with Crippen molar-refractivity contribution in [2.45, 2.75) is 33.6 Å². The van der Waals surface area contributed by atoms with E-state index in [1.54, 1.807) is 13.8 Å². The van der Waals surface area contributed by atoms with Crippen LogP contribution in [0, 0.1) is 6.92 Å². The number of aryl methyl sites for hydroxylation is 1. The van der Waals surface area contributed by atoms with Crippen molar-refractivity contribution in [2.75, 3.05) is 6.61 Å². The first-order valence-corrected chi connectivity index (χ1v) is 4.70. The normalized spacial score (nSPS) is 10.6. The van der Waals surface area contributed by atoms with E-state index in [1.807, 2.05) is 13.8 Å². The van der Waals surface area contributed by atoms with Gasteiger partial charge >= 0.3 is 5.97 Å². The molecule has 0 bridgehead atoms. The minimum atomic E-state index is -0.416. The molecule has 4 nitrogen and oxygen atoms in total. The molecule has 0 aliphatic rings. The largest absolute Gasteiger partial charge is 0.461 e. The fourth-order valence-corrected chi connectivity index (χ4v) is 1.05. The highest BCUT2D eigenvalue weighted by molar-refractivity contribution is 5.88. The van der Waals surface area contributed by atoms with Crippen LogP contribution in [0.25, 0.3) is 0 Å². The number of rotatable bonds is 3. The van der Waals surface area contributed by atoms with Gasteiger partial charge < -0.3 is 9.15 Å². The molecule has 0 amide bonds. The average Bonchev–Trinajstić information content (AvgIpc) is 2.48. The third kappa shape index (κ3) is 2.13. The lowest BCUT2D eigenvalue weighted by molar-refractivity contribution is 0.0518. The SMILES string of the molecule is CCOC(=O)c1nc(C(C)C)oc1C. The lowest BCUT2D eigenvalue weighted by atomic mass is 10.2. The number of aromatic nitrogens is 1. The molecule has 0 N–H and O–H groups in total. The quantitative estimate of drug-likeness (QED) is 0.697. The monoisotopic (exact) mass is 197 g/mol. The van der Waals surface area contributed by atoms with Gasteiger partial charge in [-0.2, -0.15) is 0 Å². The van der Waals surface area contributed by atoms with Gasteiger partial charge in [0.1, 0.15) is 5.76 Å². The summed E-state index contributed by atoms with van der Waals surface area (Å²) in [7, 11) is 0. The van der Waals surface area contributed by atoms with Crippen molar-refractivity contribution < 1.29 is 13.9 Å². The lowest BCUT2D eigenvalue weighted by Gasteiger charge is -1.96. The van der Waals surface area contributed by atoms with E-state index >= 15 is 0 Å². The predicted octanol–water partition coefficient (Wildman–Crippen LogP) is 2.28. The Morgan fingerprint density at radius 3 is 2.64 bits per heavy atom. The molecule has 0 radical (unpaired) electrons. The van der Waals surface area contributed by atoms with E-state index < -0.39 is 5.97 Å². The third-order valence-electron chi connectivity index (χ3n) is 1.78. The molecule has 0 unspecified atom stereocenters. The van der Waals surface area contributed by atoms with Crippen molar-refractivity contribution in [3.8, 4) is 0 Å². The second-order valence-corrected chi connectivity index (χ2v) is 3.33. The Bertz CT molecular complexity index is 328. The minimum absolute atomic E-state index is 0.178. The smallest absolute Gasteiger partial charge is 0.360 e. The molecule has 1 heterocycles. The maximum Gasteiger partial charge on any atom is 0.360 e. The molecule has 78 valence electrons. The number of nitrogens with zero attached hydrogens (tertiary/aromatic N) is 1. The van der Waals surface area contributed by atoms with Crippen LogP contribution >= 0.6 is 0 Å². The maximum absolute atomic E-state index is 11.4. The summed E-state index contributed by atoms with van der Waals surface area (Å²) < 4.78 is 10.2. The van der Waals surface area contributed by atoms with Crippen LogP contribution in [0.1, 0.15) is 48.8 Å². The van der Waals surface area contributed by atoms with Crippen molar-refractivity contribution in [1.82, 2.24) is 4.98 Å². The van der Waals surface area contributed by atoms with Crippen molar-refractivity contribution in [1.29, 1.82) is 0 Å². The Kier molecular flexibility index (Phi) is 3.28. The highest BCUT2D eigenvalue weighted by Crippen LogP contribution is 2.18. The Hall–Kier alpha value is -1.32. The van der Waals surface area contributed by atoms with Crippen LogP contribution in [0.4, 0.5) is 0 Å². The predicted molar refractivity (Wildman–Crippen MR) is 51.3 cm³/mol. The van der Waals surface area contributed by atoms with Crippen LogP contribution in [0.15, 0.2) is 4.42 Å². The van der Waals surface area contributed by atoms with Crippen molar-refractivity contribution in [3.63, 3.8) is 0 Å². The van der Waals surface area contributed by atoms with Crippen LogP contribution in [-0.2, 0) is 4.74 Å². The molecule has 0 spiro atoms. The summed E-state index contributed by atoms with van der Waals surface area (Å²) in [6.45, 7) is 7.74. The summed E-state index contributed by atoms with van der Waals surface area (Å²) in [4.78, 5) is 15.4. The molecular weight excluding hydrogens is 182 g/mol. The minimum Gasteiger partial charge on any atom is -0.461 e. The summed E-state index contributed by atoms with van der Waals surface area (Å²) in [5, 5.41) is 0. The summed E-state index contributed by atoms with van der Waals surface area (Å²) in [5.41, 5.74) is 0.288. The van der Waals surface area contributed by atoms with E-state index in [2.05, 4.69) is 4.98 Å². The topological polar surface area (TPSA) is 52.3 Å². The molecule has 0 atom stereocenters. The van der Waals surface area contributed by atoms with Crippen molar-refractivity contribution in [3.05, 3.63) is 17.3 Å². The summed E-state index contributed by atoms with van der Waals surface area (Å²) in [6, 6.07) is 0. The number of hydrogen-bond donors (Lipinski definition) is 0. The number of esters is 1. The zero-order valence-electron chi connectivity index (χ0n) is 8.96. The fourth-order valence-electron chi connectivity index (χ4n) is 1.05. The van der Waals surface area contributed by atoms with Gasteiger partial charge in [0.05, 0.1) is 6.61 Å². The molecule has 0 saturated heterocycles. The number of oxazole rings is 1. The molecule has 1 aromatic heterocycles. The second-order valence-electron chi connectivity index (χ2n) is 3.33. The first kappa shape index (κ1) is 10.8. The number of carbonyl (C=O) groups excluding carboxylic acids is 1. The van der Waals surface area contributed by atoms with E-state index in [0.717, 1.165) is 0 Å². The molecule has 14 heavy (non-hydrogen) atoms. The van der Waals surface area contributed by atoms with E-state index in [1.165, 1.54) is 0 Å². The number of hydrogen-bond acceptors (Lipinski definition) is 4. The summed E-state index contributed by atoms with van der Waals surface area (Å²) in [6.07, 6.45) is 0. The molecule has 0 aromatic carbocycles. The molecule has 4 heteroatoms. The number of ether oxygens (including phenoxy) is 1. The van der Waals surface area contributed by atoms with Crippen LogP contribution in [0.5, 0.6) is 0 Å². The zero-order valence-corrected chi connectivity index (χ0v) is 8.96. The molecule has 0 aliphatic heterocycles. The van der Waals surface area contributed by atoms with Crippen LogP contribution < -0.4 is 0 Å². The third-order valence-corrected chi connectivity index (χ3v) is 1.78. The van der Waals surface area contributed by atoms with Gasteiger partial charge in [0.2, 0.25) is 0 Å². The highest BCUT2D eigenvalue weighted by atomic mass is 16.5. The average molecular weight is 197 g/mol. The van der Waals surface area contributed by atoms with Gasteiger partial charge in [0.25, 0.3) is 0 Å². The molecular formula is C10H15NO3. The van der Waals surface area contributed by atoms with Gasteiger partial charge in [-0.15, -0.1) is 0 Å². The van der Waals surface area contributed by atoms with Gasteiger partial charge in [0.15, 0.2) is 11.6 Å². The second kappa shape index (κ2) is 4.26. The van der Waals surface area contributed by atoms with Gasteiger partial charge in [-0.25, -0.2) is 9.78 Å². The molecule has 0 fully saturated rings. The van der Waals surface area contributed by atoms with Gasteiger partial charge in [-0.05, 0) is 13.8 Å². The fraction of sp³-hybridized carbons (Fsp3) is 0.600. The Morgan fingerprint density at radius 1 is 1.57 bits per heavy atom. The summed E-state index contributed by atoms with van der Waals surface area (Å²) >= 11 is 0. The first-order chi connectivity index (χ1) is 6.56. The Morgan fingerprint density at radius 2 is 2.21 bits per heavy atom. The van der Waals surface area contributed by atoms with Gasteiger partial charge in [-0.1, -0.05) is 13.8 Å². The maximum atomic E-state index is 11.4. The molecule has 1 rings (SSSR count). The zero-order chi connectivity index (χ0) is 10.7. The van der Waals surface area contributed by atoms with E-state index in [9.17, 15) is 4.79 Å². The lowest BCUT2D eigenvalue weighted by Crippen LogP contribution is -2.06. The Labute approximate surface area is 83.3 Å². The van der Waals surface area contributed by atoms with E-state index in [4.69, 9.17) is 9.15 Å². The molecule has 0 aliphatic carbocycles. The van der Waals surface area contributed by atoms with E-state index in [-0.39, 0.29) is 11.6 Å². The van der Waals surface area contributed by atoms with Gasteiger partial charge in [0, 0.05) is 5.92 Å². The first-order valence-electron chi connectivity index (χ1n) is 4.70. The Balaban J connectivity index is 2.92. The van der Waals surface area contributed by atoms with Crippen molar-refractivity contribution in [2.24, 2.45) is 0 Å².